The fourth-order valence-corrected chi connectivity index (χ4v) is 4.60. The highest BCUT2D eigenvalue weighted by atomic mass is 35.5. The van der Waals surface area contributed by atoms with Crippen molar-refractivity contribution in [2.45, 2.75) is 25.7 Å². The number of rotatable bonds is 1. The molecule has 2 heterocycles. The van der Waals surface area contributed by atoms with Gasteiger partial charge in [0.05, 0.1) is 0 Å². The minimum atomic E-state index is 0. The van der Waals surface area contributed by atoms with E-state index in [1.165, 1.54) is 25.7 Å². The first kappa shape index (κ1) is 12.7. The predicted molar refractivity (Wildman–Crippen MR) is 72.6 cm³/mol. The van der Waals surface area contributed by atoms with E-state index in [0.29, 0.717) is 11.8 Å². The van der Waals surface area contributed by atoms with Crippen molar-refractivity contribution in [3.8, 4) is 0 Å². The van der Waals surface area contributed by atoms with Crippen LogP contribution in [-0.2, 0) is 4.79 Å². The molecular formula is C14H23ClN2O. The molecule has 2 unspecified atom stereocenters. The fourth-order valence-electron chi connectivity index (χ4n) is 4.60. The predicted octanol–water partition coefficient (Wildman–Crippen LogP) is 1.52. The molecule has 1 amide bonds. The molecule has 2 saturated carbocycles. The number of halogens is 1. The third-order valence-electron chi connectivity index (χ3n) is 5.64. The lowest BCUT2D eigenvalue weighted by Gasteiger charge is -2.17. The second-order valence-corrected chi connectivity index (χ2v) is 6.56. The summed E-state index contributed by atoms with van der Waals surface area (Å²) in [4.78, 5) is 14.7. The summed E-state index contributed by atoms with van der Waals surface area (Å²) < 4.78 is 0. The Balaban J connectivity index is 0.000001000. The van der Waals surface area contributed by atoms with Crippen molar-refractivity contribution in [2.75, 3.05) is 26.2 Å². The van der Waals surface area contributed by atoms with E-state index in [-0.39, 0.29) is 12.4 Å². The number of hydrogen-bond donors (Lipinski definition) is 1. The standard InChI is InChI=1S/C14H22N2O.ClH/c17-14(13-11-3-1-2-4-12(11)13)16-7-9-5-15-6-10(9)8-16;/h9-13,15H,1-8H2;1H/t9-,10+,11?,12?,13?;. The summed E-state index contributed by atoms with van der Waals surface area (Å²) in [5.41, 5.74) is 0. The zero-order valence-electron chi connectivity index (χ0n) is 10.8. The van der Waals surface area contributed by atoms with Crippen LogP contribution in [0.1, 0.15) is 25.7 Å². The second-order valence-electron chi connectivity index (χ2n) is 6.56. The monoisotopic (exact) mass is 270 g/mol. The van der Waals surface area contributed by atoms with Crippen LogP contribution < -0.4 is 5.32 Å². The summed E-state index contributed by atoms with van der Waals surface area (Å²) in [6.07, 6.45) is 5.37. The number of fused-ring (bicyclic) bond motifs is 2. The Bertz CT molecular complexity index is 325. The first-order valence-corrected chi connectivity index (χ1v) is 7.34. The van der Waals surface area contributed by atoms with E-state index < -0.39 is 0 Å². The molecule has 4 aliphatic rings. The van der Waals surface area contributed by atoms with Crippen molar-refractivity contribution in [1.29, 1.82) is 0 Å². The Kier molecular flexibility index (Phi) is 3.31. The number of hydrogen-bond acceptors (Lipinski definition) is 2. The first-order chi connectivity index (χ1) is 8.34. The summed E-state index contributed by atoms with van der Waals surface area (Å²) in [5, 5.41) is 3.44. The van der Waals surface area contributed by atoms with E-state index in [0.717, 1.165) is 49.9 Å². The highest BCUT2D eigenvalue weighted by Gasteiger charge is 2.56. The minimum absolute atomic E-state index is 0. The van der Waals surface area contributed by atoms with Crippen LogP contribution in [0.4, 0.5) is 0 Å². The van der Waals surface area contributed by atoms with Crippen molar-refractivity contribution in [2.24, 2.45) is 29.6 Å². The van der Waals surface area contributed by atoms with Crippen LogP contribution in [0.25, 0.3) is 0 Å². The van der Waals surface area contributed by atoms with Gasteiger partial charge in [0.2, 0.25) is 5.91 Å². The van der Waals surface area contributed by atoms with Gasteiger partial charge in [0, 0.05) is 32.1 Å². The Morgan fingerprint density at radius 3 is 2.11 bits per heavy atom. The Morgan fingerprint density at radius 2 is 1.56 bits per heavy atom. The van der Waals surface area contributed by atoms with Crippen molar-refractivity contribution in [1.82, 2.24) is 10.2 Å². The lowest BCUT2D eigenvalue weighted by molar-refractivity contribution is -0.132. The molecule has 0 spiro atoms. The van der Waals surface area contributed by atoms with Gasteiger partial charge in [-0.15, -0.1) is 12.4 Å². The molecule has 18 heavy (non-hydrogen) atoms. The topological polar surface area (TPSA) is 32.3 Å². The van der Waals surface area contributed by atoms with Gasteiger partial charge in [-0.05, 0) is 36.5 Å². The van der Waals surface area contributed by atoms with Crippen LogP contribution in [0.2, 0.25) is 0 Å². The molecule has 0 aromatic heterocycles. The molecule has 0 radical (unpaired) electrons. The van der Waals surface area contributed by atoms with Gasteiger partial charge in [-0.3, -0.25) is 4.79 Å². The lowest BCUT2D eigenvalue weighted by atomic mass is 10.0. The average molecular weight is 271 g/mol. The maximum Gasteiger partial charge on any atom is 0.226 e. The van der Waals surface area contributed by atoms with Gasteiger partial charge in [0.1, 0.15) is 0 Å². The minimum Gasteiger partial charge on any atom is -0.342 e. The normalized spacial score (nSPS) is 45.1. The van der Waals surface area contributed by atoms with Crippen molar-refractivity contribution >= 4 is 18.3 Å². The summed E-state index contributed by atoms with van der Waals surface area (Å²) in [6.45, 7) is 4.33. The highest BCUT2D eigenvalue weighted by molar-refractivity contribution is 5.85. The van der Waals surface area contributed by atoms with Crippen LogP contribution in [-0.4, -0.2) is 37.0 Å². The number of carbonyl (C=O) groups excluding carboxylic acids is 1. The van der Waals surface area contributed by atoms with Crippen molar-refractivity contribution < 1.29 is 4.79 Å². The summed E-state index contributed by atoms with van der Waals surface area (Å²) in [7, 11) is 0. The van der Waals surface area contributed by atoms with Crippen molar-refractivity contribution in [3.05, 3.63) is 0 Å². The number of carbonyl (C=O) groups is 1. The van der Waals surface area contributed by atoms with E-state index in [1.54, 1.807) is 0 Å². The van der Waals surface area contributed by atoms with Gasteiger partial charge in [-0.2, -0.15) is 0 Å². The molecule has 4 fully saturated rings. The summed E-state index contributed by atoms with van der Waals surface area (Å²) >= 11 is 0. The first-order valence-electron chi connectivity index (χ1n) is 7.34. The fraction of sp³-hybridized carbons (Fsp3) is 0.929. The highest BCUT2D eigenvalue weighted by Crippen LogP contribution is 2.56. The maximum absolute atomic E-state index is 12.5. The van der Waals surface area contributed by atoms with Gasteiger partial charge >= 0.3 is 0 Å². The molecule has 3 nitrogen and oxygen atoms in total. The third-order valence-corrected chi connectivity index (χ3v) is 5.64. The second kappa shape index (κ2) is 4.68. The molecule has 4 rings (SSSR count). The van der Waals surface area contributed by atoms with Gasteiger partial charge < -0.3 is 10.2 Å². The van der Waals surface area contributed by atoms with E-state index in [9.17, 15) is 4.79 Å². The number of amides is 1. The lowest BCUT2D eigenvalue weighted by Crippen LogP contribution is -2.33. The van der Waals surface area contributed by atoms with E-state index in [1.807, 2.05) is 0 Å². The van der Waals surface area contributed by atoms with Crippen molar-refractivity contribution in [3.63, 3.8) is 0 Å². The molecule has 0 aromatic carbocycles. The van der Waals surface area contributed by atoms with E-state index in [4.69, 9.17) is 0 Å². The molecule has 102 valence electrons. The number of likely N-dealkylation sites (tertiary alicyclic amines) is 1. The summed E-state index contributed by atoms with van der Waals surface area (Å²) in [6, 6.07) is 0. The largest absolute Gasteiger partial charge is 0.342 e. The Hall–Kier alpha value is -0.280. The van der Waals surface area contributed by atoms with Crippen LogP contribution in [0.15, 0.2) is 0 Å². The van der Waals surface area contributed by atoms with Crippen LogP contribution >= 0.6 is 12.4 Å². The molecular weight excluding hydrogens is 248 g/mol. The molecule has 1 N–H and O–H groups in total. The van der Waals surface area contributed by atoms with Crippen LogP contribution in [0.3, 0.4) is 0 Å². The van der Waals surface area contributed by atoms with Gasteiger partial charge in [0.15, 0.2) is 0 Å². The zero-order chi connectivity index (χ0) is 11.4. The Labute approximate surface area is 115 Å². The molecule has 2 saturated heterocycles. The zero-order valence-corrected chi connectivity index (χ0v) is 11.6. The SMILES string of the molecule is Cl.O=C(C1C2CCCCC21)N1C[C@H]2CNC[C@H]2C1. The average Bonchev–Trinajstić information content (AvgIpc) is 2.66. The quantitative estimate of drug-likeness (QED) is 0.784. The van der Waals surface area contributed by atoms with Gasteiger partial charge in [-0.25, -0.2) is 0 Å². The molecule has 2 aliphatic heterocycles. The maximum atomic E-state index is 12.5. The van der Waals surface area contributed by atoms with Gasteiger partial charge in [-0.1, -0.05) is 12.8 Å². The van der Waals surface area contributed by atoms with E-state index in [2.05, 4.69) is 10.2 Å². The van der Waals surface area contributed by atoms with Gasteiger partial charge in [0.25, 0.3) is 0 Å². The van der Waals surface area contributed by atoms with Crippen LogP contribution in [0.5, 0.6) is 0 Å². The third kappa shape index (κ3) is 1.87. The molecule has 0 bridgehead atoms. The number of nitrogens with one attached hydrogen (secondary N) is 1. The van der Waals surface area contributed by atoms with Crippen LogP contribution in [0, 0.1) is 29.6 Å². The summed E-state index contributed by atoms with van der Waals surface area (Å²) in [5.74, 6) is 3.99. The molecule has 0 aromatic rings. The molecule has 4 atom stereocenters. The Morgan fingerprint density at radius 1 is 1.00 bits per heavy atom. The van der Waals surface area contributed by atoms with E-state index >= 15 is 0 Å². The number of nitrogens with zero attached hydrogens (tertiary/aromatic N) is 1. The molecule has 2 aliphatic carbocycles. The smallest absolute Gasteiger partial charge is 0.226 e. The molecule has 4 heteroatoms.